The summed E-state index contributed by atoms with van der Waals surface area (Å²) in [5.74, 6) is 0.697. The molecule has 106 valence electrons. The first-order valence-electron chi connectivity index (χ1n) is 6.66. The number of nitrogen functional groups attached to an aromatic ring is 1. The van der Waals surface area contributed by atoms with E-state index in [1.807, 2.05) is 19.1 Å². The van der Waals surface area contributed by atoms with Crippen molar-refractivity contribution < 1.29 is 9.84 Å². The molecule has 2 atom stereocenters. The van der Waals surface area contributed by atoms with Crippen LogP contribution in [-0.2, 0) is 4.74 Å². The predicted molar refractivity (Wildman–Crippen MR) is 77.4 cm³/mol. The van der Waals surface area contributed by atoms with Crippen molar-refractivity contribution in [1.82, 2.24) is 9.97 Å². The molecule has 2 aromatic rings. The van der Waals surface area contributed by atoms with Gasteiger partial charge in [0.05, 0.1) is 11.6 Å². The van der Waals surface area contributed by atoms with Gasteiger partial charge in [-0.3, -0.25) is 0 Å². The third-order valence-corrected chi connectivity index (χ3v) is 3.88. The fraction of sp³-hybridized carbons (Fsp3) is 0.429. The van der Waals surface area contributed by atoms with Gasteiger partial charge in [-0.25, -0.2) is 9.97 Å². The number of anilines is 2. The molecule has 6 nitrogen and oxygen atoms in total. The van der Waals surface area contributed by atoms with E-state index >= 15 is 0 Å². The summed E-state index contributed by atoms with van der Waals surface area (Å²) >= 11 is 0. The van der Waals surface area contributed by atoms with Crippen LogP contribution in [0.1, 0.15) is 13.3 Å². The quantitative estimate of drug-likeness (QED) is 0.727. The molecular weight excluding hydrogens is 256 g/mol. The van der Waals surface area contributed by atoms with Gasteiger partial charge in [0.15, 0.2) is 0 Å². The minimum Gasteiger partial charge on any atom is -0.399 e. The van der Waals surface area contributed by atoms with E-state index in [0.717, 1.165) is 10.9 Å². The van der Waals surface area contributed by atoms with E-state index in [9.17, 15) is 5.11 Å². The van der Waals surface area contributed by atoms with Crippen LogP contribution >= 0.6 is 0 Å². The molecule has 1 fully saturated rings. The second-order valence-electron chi connectivity index (χ2n) is 5.22. The van der Waals surface area contributed by atoms with Gasteiger partial charge in [0.2, 0.25) is 0 Å². The number of benzene rings is 1. The maximum absolute atomic E-state index is 10.5. The zero-order valence-electron chi connectivity index (χ0n) is 11.3. The molecule has 0 amide bonds. The van der Waals surface area contributed by atoms with E-state index in [1.54, 1.807) is 6.07 Å². The Morgan fingerprint density at radius 3 is 3.10 bits per heavy atom. The van der Waals surface area contributed by atoms with Crippen LogP contribution in [0.2, 0.25) is 0 Å². The van der Waals surface area contributed by atoms with Crippen molar-refractivity contribution >= 4 is 22.4 Å². The number of ether oxygens (including phenoxy) is 1. The maximum atomic E-state index is 10.5. The van der Waals surface area contributed by atoms with Crippen molar-refractivity contribution in [2.45, 2.75) is 25.0 Å². The molecule has 2 unspecified atom stereocenters. The summed E-state index contributed by atoms with van der Waals surface area (Å²) in [6.45, 7) is 2.86. The summed E-state index contributed by atoms with van der Waals surface area (Å²) in [4.78, 5) is 8.44. The zero-order valence-corrected chi connectivity index (χ0v) is 11.3. The summed E-state index contributed by atoms with van der Waals surface area (Å²) in [6, 6.07) is 5.50. The van der Waals surface area contributed by atoms with Gasteiger partial charge in [-0.15, -0.1) is 0 Å². The highest BCUT2D eigenvalue weighted by atomic mass is 16.5. The van der Waals surface area contributed by atoms with Crippen molar-refractivity contribution in [2.75, 3.05) is 24.2 Å². The highest BCUT2D eigenvalue weighted by molar-refractivity contribution is 5.90. The molecule has 0 spiro atoms. The SMILES string of the molecule is CC1OCCC1(O)CNc1ncnc2cc(N)ccc12. The van der Waals surface area contributed by atoms with E-state index in [2.05, 4.69) is 15.3 Å². The smallest absolute Gasteiger partial charge is 0.137 e. The number of nitrogens with one attached hydrogen (secondary N) is 1. The zero-order chi connectivity index (χ0) is 14.2. The number of hydrogen-bond acceptors (Lipinski definition) is 6. The third kappa shape index (κ3) is 2.28. The molecule has 0 bridgehead atoms. The largest absolute Gasteiger partial charge is 0.399 e. The Morgan fingerprint density at radius 1 is 1.50 bits per heavy atom. The molecule has 1 aliphatic rings. The number of nitrogens with two attached hydrogens (primary N) is 1. The minimum atomic E-state index is -0.856. The third-order valence-electron chi connectivity index (χ3n) is 3.88. The number of nitrogens with zero attached hydrogens (tertiary/aromatic N) is 2. The van der Waals surface area contributed by atoms with Crippen LogP contribution in [0.4, 0.5) is 11.5 Å². The summed E-state index contributed by atoms with van der Waals surface area (Å²) in [5, 5.41) is 14.6. The van der Waals surface area contributed by atoms with Crippen molar-refractivity contribution in [1.29, 1.82) is 0 Å². The standard InChI is InChI=1S/C14H18N4O2/c1-9-14(19,4-5-20-9)7-16-13-11-3-2-10(15)6-12(11)17-8-18-13/h2-3,6,8-9,19H,4-5,7,15H2,1H3,(H,16,17,18). The lowest BCUT2D eigenvalue weighted by atomic mass is 9.97. The molecule has 0 saturated carbocycles. The Kier molecular flexibility index (Phi) is 3.19. The highest BCUT2D eigenvalue weighted by Gasteiger charge is 2.39. The van der Waals surface area contributed by atoms with Gasteiger partial charge < -0.3 is 20.9 Å². The van der Waals surface area contributed by atoms with Gasteiger partial charge in [0, 0.05) is 30.6 Å². The fourth-order valence-electron chi connectivity index (χ4n) is 2.45. The maximum Gasteiger partial charge on any atom is 0.137 e. The lowest BCUT2D eigenvalue weighted by Gasteiger charge is -2.26. The molecule has 0 aliphatic carbocycles. The summed E-state index contributed by atoms with van der Waals surface area (Å²) in [6.07, 6.45) is 1.93. The highest BCUT2D eigenvalue weighted by Crippen LogP contribution is 2.27. The second-order valence-corrected chi connectivity index (χ2v) is 5.22. The second kappa shape index (κ2) is 4.88. The Hall–Kier alpha value is -1.92. The van der Waals surface area contributed by atoms with Crippen LogP contribution in [0.15, 0.2) is 24.5 Å². The Bertz CT molecular complexity index is 634. The topological polar surface area (TPSA) is 93.3 Å². The summed E-state index contributed by atoms with van der Waals surface area (Å²) in [7, 11) is 0. The normalized spacial score (nSPS) is 26.0. The number of aliphatic hydroxyl groups is 1. The van der Waals surface area contributed by atoms with E-state index in [0.29, 0.717) is 31.1 Å². The number of rotatable bonds is 3. The van der Waals surface area contributed by atoms with E-state index in [1.165, 1.54) is 6.33 Å². The summed E-state index contributed by atoms with van der Waals surface area (Å²) < 4.78 is 5.42. The number of fused-ring (bicyclic) bond motifs is 1. The molecular formula is C14H18N4O2. The molecule has 20 heavy (non-hydrogen) atoms. The lowest BCUT2D eigenvalue weighted by molar-refractivity contribution is -0.0176. The van der Waals surface area contributed by atoms with Crippen LogP contribution in [0.5, 0.6) is 0 Å². The van der Waals surface area contributed by atoms with Gasteiger partial charge in [0.25, 0.3) is 0 Å². The Morgan fingerprint density at radius 2 is 2.35 bits per heavy atom. The van der Waals surface area contributed by atoms with Crippen LogP contribution in [-0.4, -0.2) is 39.9 Å². The summed E-state index contributed by atoms with van der Waals surface area (Å²) in [5.41, 5.74) is 6.34. The molecule has 3 rings (SSSR count). The van der Waals surface area contributed by atoms with Gasteiger partial charge in [-0.2, -0.15) is 0 Å². The Labute approximate surface area is 117 Å². The van der Waals surface area contributed by atoms with E-state index in [-0.39, 0.29) is 6.10 Å². The van der Waals surface area contributed by atoms with Crippen LogP contribution in [0.25, 0.3) is 10.9 Å². The molecule has 2 heterocycles. The molecule has 4 N–H and O–H groups in total. The lowest BCUT2D eigenvalue weighted by Crippen LogP contribution is -2.43. The van der Waals surface area contributed by atoms with Crippen LogP contribution in [0, 0.1) is 0 Å². The first kappa shape index (κ1) is 13.1. The number of hydrogen-bond donors (Lipinski definition) is 3. The van der Waals surface area contributed by atoms with Crippen LogP contribution < -0.4 is 11.1 Å². The predicted octanol–water partition coefficient (Wildman–Crippen LogP) is 1.16. The van der Waals surface area contributed by atoms with Crippen molar-refractivity contribution in [3.05, 3.63) is 24.5 Å². The average molecular weight is 274 g/mol. The van der Waals surface area contributed by atoms with Crippen LogP contribution in [0.3, 0.4) is 0 Å². The number of aromatic nitrogens is 2. The van der Waals surface area contributed by atoms with Gasteiger partial charge in [-0.1, -0.05) is 0 Å². The van der Waals surface area contributed by atoms with E-state index in [4.69, 9.17) is 10.5 Å². The van der Waals surface area contributed by atoms with E-state index < -0.39 is 5.60 Å². The van der Waals surface area contributed by atoms with Crippen molar-refractivity contribution in [3.8, 4) is 0 Å². The molecule has 1 aromatic heterocycles. The first-order chi connectivity index (χ1) is 9.58. The monoisotopic (exact) mass is 274 g/mol. The molecule has 1 aliphatic heterocycles. The molecule has 6 heteroatoms. The first-order valence-corrected chi connectivity index (χ1v) is 6.66. The molecule has 1 saturated heterocycles. The Balaban J connectivity index is 1.84. The molecule has 1 aromatic carbocycles. The van der Waals surface area contributed by atoms with Gasteiger partial charge in [-0.05, 0) is 25.1 Å². The van der Waals surface area contributed by atoms with Crippen molar-refractivity contribution in [2.24, 2.45) is 0 Å². The average Bonchev–Trinajstić information content (AvgIpc) is 2.76. The molecule has 0 radical (unpaired) electrons. The van der Waals surface area contributed by atoms with Crippen molar-refractivity contribution in [3.63, 3.8) is 0 Å². The van der Waals surface area contributed by atoms with Gasteiger partial charge in [0.1, 0.15) is 17.7 Å². The minimum absolute atomic E-state index is 0.182. The fourth-order valence-corrected chi connectivity index (χ4v) is 2.45. The van der Waals surface area contributed by atoms with Gasteiger partial charge >= 0.3 is 0 Å².